The van der Waals surface area contributed by atoms with Crippen LogP contribution in [0.4, 0.5) is 18.9 Å². The summed E-state index contributed by atoms with van der Waals surface area (Å²) in [5.74, 6) is -1.29. The predicted molar refractivity (Wildman–Crippen MR) is 93.9 cm³/mol. The van der Waals surface area contributed by atoms with Gasteiger partial charge < -0.3 is 19.7 Å². The molecule has 4 heterocycles. The number of anilines is 1. The van der Waals surface area contributed by atoms with Gasteiger partial charge in [-0.3, -0.25) is 9.69 Å². The van der Waals surface area contributed by atoms with Gasteiger partial charge in [0.2, 0.25) is 5.91 Å². The van der Waals surface area contributed by atoms with Crippen molar-refractivity contribution in [2.24, 2.45) is 11.3 Å². The number of rotatable bonds is 2. The van der Waals surface area contributed by atoms with Gasteiger partial charge in [0.05, 0.1) is 48.0 Å². The van der Waals surface area contributed by atoms with Gasteiger partial charge >= 0.3 is 6.18 Å². The summed E-state index contributed by atoms with van der Waals surface area (Å²) in [5, 5.41) is 30.1. The minimum Gasteiger partial charge on any atom is -0.395 e. The van der Waals surface area contributed by atoms with Gasteiger partial charge in [-0.15, -0.1) is 0 Å². The average molecular weight is 424 g/mol. The van der Waals surface area contributed by atoms with Gasteiger partial charge in [-0.1, -0.05) is 0 Å². The van der Waals surface area contributed by atoms with E-state index in [4.69, 9.17) is 14.7 Å². The molecule has 2 bridgehead atoms. The second-order valence-electron chi connectivity index (χ2n) is 8.63. The Morgan fingerprint density at radius 1 is 1.40 bits per heavy atom. The Morgan fingerprint density at radius 2 is 2.13 bits per heavy atom. The highest BCUT2D eigenvalue weighted by molar-refractivity contribution is 6.03. The number of carbonyl (C=O) groups excluding carboxylic acids is 1. The largest absolute Gasteiger partial charge is 0.417 e. The Hall–Kier alpha value is -2.19. The van der Waals surface area contributed by atoms with Gasteiger partial charge in [0, 0.05) is 18.5 Å². The molecule has 1 amide bonds. The Balaban J connectivity index is 1.69. The summed E-state index contributed by atoms with van der Waals surface area (Å²) in [6, 6.07) is 4.57. The van der Waals surface area contributed by atoms with Gasteiger partial charge in [0.25, 0.3) is 0 Å². The summed E-state index contributed by atoms with van der Waals surface area (Å²) >= 11 is 0. The minimum absolute atomic E-state index is 0.0758. The van der Waals surface area contributed by atoms with Crippen LogP contribution < -0.4 is 4.90 Å². The van der Waals surface area contributed by atoms with Crippen LogP contribution in [0.25, 0.3) is 0 Å². The highest BCUT2D eigenvalue weighted by Gasteiger charge is 2.85. The summed E-state index contributed by atoms with van der Waals surface area (Å²) in [5.41, 5.74) is -5.61. The van der Waals surface area contributed by atoms with Crippen molar-refractivity contribution >= 4 is 11.6 Å². The van der Waals surface area contributed by atoms with Gasteiger partial charge in [0.15, 0.2) is 0 Å². The minimum atomic E-state index is -4.78. The maximum Gasteiger partial charge on any atom is 0.417 e. The second kappa shape index (κ2) is 5.73. The third-order valence-electron chi connectivity index (χ3n) is 7.48. The zero-order valence-electron chi connectivity index (χ0n) is 15.9. The molecule has 1 aromatic rings. The van der Waals surface area contributed by atoms with Gasteiger partial charge in [0.1, 0.15) is 17.2 Å². The first-order chi connectivity index (χ1) is 14.1. The van der Waals surface area contributed by atoms with Crippen molar-refractivity contribution in [2.75, 3.05) is 18.1 Å². The van der Waals surface area contributed by atoms with Crippen LogP contribution >= 0.6 is 0 Å². The Labute approximate surface area is 169 Å². The number of carbonyl (C=O) groups is 1. The first-order valence-corrected chi connectivity index (χ1v) is 9.61. The summed E-state index contributed by atoms with van der Waals surface area (Å²) < 4.78 is 52.5. The van der Waals surface area contributed by atoms with E-state index in [1.165, 1.54) is 12.1 Å². The molecule has 2 N–H and O–H groups in total. The highest BCUT2D eigenvalue weighted by atomic mass is 19.4. The van der Waals surface area contributed by atoms with E-state index in [1.807, 2.05) is 0 Å². The van der Waals surface area contributed by atoms with E-state index < -0.39 is 64.7 Å². The van der Waals surface area contributed by atoms with E-state index in [0.29, 0.717) is 6.42 Å². The normalized spacial score (nSPS) is 41.8. The number of alkyl halides is 3. The van der Waals surface area contributed by atoms with Crippen molar-refractivity contribution in [3.63, 3.8) is 0 Å². The molecule has 4 aliphatic heterocycles. The lowest BCUT2D eigenvalue weighted by atomic mass is 9.56. The lowest BCUT2D eigenvalue weighted by Crippen LogP contribution is -2.61. The summed E-state index contributed by atoms with van der Waals surface area (Å²) in [4.78, 5) is 14.8. The van der Waals surface area contributed by atoms with Crippen LogP contribution in [0.1, 0.15) is 30.9 Å². The molecule has 4 saturated heterocycles. The van der Waals surface area contributed by atoms with Crippen LogP contribution in [0, 0.1) is 22.7 Å². The predicted octanol–water partition coefficient (Wildman–Crippen LogP) is 1.56. The lowest BCUT2D eigenvalue weighted by Gasteiger charge is -2.46. The zero-order chi connectivity index (χ0) is 21.7. The molecule has 160 valence electrons. The zero-order valence-corrected chi connectivity index (χ0v) is 15.9. The molecule has 1 aromatic carbocycles. The van der Waals surface area contributed by atoms with E-state index >= 15 is 0 Å². The molecular weight excluding hydrogens is 405 g/mol. The number of aliphatic hydroxyl groups excluding tert-OH is 2. The van der Waals surface area contributed by atoms with E-state index in [0.717, 1.165) is 17.0 Å². The summed E-state index contributed by atoms with van der Waals surface area (Å²) in [6.07, 6.45) is -6.06. The number of hydrogen-bond acceptors (Lipinski definition) is 6. The number of nitriles is 1. The van der Waals surface area contributed by atoms with E-state index in [1.54, 1.807) is 6.92 Å². The van der Waals surface area contributed by atoms with Gasteiger partial charge in [-0.25, -0.2) is 0 Å². The number of amides is 1. The molecular formula is C20H19F3N2O5. The quantitative estimate of drug-likeness (QED) is 0.747. The highest BCUT2D eigenvalue weighted by Crippen LogP contribution is 2.71. The fraction of sp³-hybridized carbons (Fsp3) is 0.600. The molecule has 7 nitrogen and oxygen atoms in total. The monoisotopic (exact) mass is 424 g/mol. The molecule has 4 aliphatic rings. The molecule has 0 unspecified atom stereocenters. The average Bonchev–Trinajstić information content (AvgIpc) is 3.20. The molecule has 5 rings (SSSR count). The Morgan fingerprint density at radius 3 is 2.77 bits per heavy atom. The fourth-order valence-corrected chi connectivity index (χ4v) is 6.15. The van der Waals surface area contributed by atoms with Gasteiger partial charge in [-0.05, 0) is 25.1 Å². The van der Waals surface area contributed by atoms with Gasteiger partial charge in [-0.2, -0.15) is 18.4 Å². The van der Waals surface area contributed by atoms with Crippen molar-refractivity contribution in [3.8, 4) is 6.07 Å². The topological polar surface area (TPSA) is 103 Å². The molecule has 0 aromatic heterocycles. The molecule has 6 atom stereocenters. The summed E-state index contributed by atoms with van der Waals surface area (Å²) in [7, 11) is 0. The van der Waals surface area contributed by atoms with Crippen LogP contribution in [0.5, 0.6) is 0 Å². The second-order valence-corrected chi connectivity index (χ2v) is 8.63. The number of ether oxygens (including phenoxy) is 2. The smallest absolute Gasteiger partial charge is 0.395 e. The van der Waals surface area contributed by atoms with Crippen molar-refractivity contribution in [1.82, 2.24) is 0 Å². The maximum absolute atomic E-state index is 13.7. The van der Waals surface area contributed by atoms with Crippen LogP contribution in [-0.4, -0.2) is 52.9 Å². The fourth-order valence-electron chi connectivity index (χ4n) is 6.15. The number of benzene rings is 1. The standard InChI is InChI=1S/C20H19F3N2O5/c1-17-13(27)7-18(30-17)4-5-29-15-14(18)19(17,9-26)16(28)25(15)11-3-2-10(8-24)12(6-11)20(21,22)23/h2-3,6,13-15,26-27H,4-5,7,9H2,1H3/t13-,14+,15+,17-,18+,19-/m1/s1. The number of nitrogens with zero attached hydrogens (tertiary/aromatic N) is 2. The lowest BCUT2D eigenvalue weighted by molar-refractivity contribution is -0.154. The number of hydrogen-bond donors (Lipinski definition) is 2. The third kappa shape index (κ3) is 2.01. The molecule has 4 fully saturated rings. The van der Waals surface area contributed by atoms with Crippen molar-refractivity contribution in [1.29, 1.82) is 5.26 Å². The number of aliphatic hydroxyl groups is 2. The van der Waals surface area contributed by atoms with Crippen molar-refractivity contribution in [3.05, 3.63) is 29.3 Å². The summed E-state index contributed by atoms with van der Waals surface area (Å²) in [6.45, 7) is 1.13. The molecule has 0 saturated carbocycles. The van der Waals surface area contributed by atoms with E-state index in [2.05, 4.69) is 0 Å². The van der Waals surface area contributed by atoms with E-state index in [-0.39, 0.29) is 18.7 Å². The van der Waals surface area contributed by atoms with Crippen molar-refractivity contribution < 1.29 is 37.7 Å². The molecule has 1 spiro atoms. The third-order valence-corrected chi connectivity index (χ3v) is 7.48. The SMILES string of the molecule is C[C@]12O[C@@]3(CCO[C@H]4[C@@H]3[C@]1(CO)C(=O)N4c1ccc(C#N)c(C(F)(F)F)c1)C[C@H]2O. The van der Waals surface area contributed by atoms with Crippen LogP contribution in [0.3, 0.4) is 0 Å². The van der Waals surface area contributed by atoms with Crippen LogP contribution in [0.15, 0.2) is 18.2 Å². The molecule has 30 heavy (non-hydrogen) atoms. The Bertz CT molecular complexity index is 994. The number of fused-ring (bicyclic) bond motifs is 2. The first kappa shape index (κ1) is 19.8. The Kier molecular flexibility index (Phi) is 3.78. The van der Waals surface area contributed by atoms with Crippen LogP contribution in [0.2, 0.25) is 0 Å². The number of halogens is 3. The van der Waals surface area contributed by atoms with Crippen LogP contribution in [-0.2, 0) is 20.4 Å². The van der Waals surface area contributed by atoms with Crippen molar-refractivity contribution in [2.45, 2.75) is 49.5 Å². The maximum atomic E-state index is 13.7. The molecule has 10 heteroatoms. The molecule has 0 aliphatic carbocycles. The first-order valence-electron chi connectivity index (χ1n) is 9.61. The molecule has 0 radical (unpaired) electrons. The van der Waals surface area contributed by atoms with E-state index in [9.17, 15) is 28.2 Å².